The molecular weight excluding hydrogens is 1600 g/mol. The van der Waals surface area contributed by atoms with Gasteiger partial charge in [-0.05, 0) is 183 Å². The maximum absolute atomic E-state index is 13.6. The topological polar surface area (TPSA) is 384 Å². The summed E-state index contributed by atoms with van der Waals surface area (Å²) >= 11 is 5.62. The summed E-state index contributed by atoms with van der Waals surface area (Å²) in [5.74, 6) is -0.531. The molecule has 0 saturated heterocycles. The predicted octanol–water partition coefficient (Wildman–Crippen LogP) is 12.4. The average Bonchev–Trinajstić information content (AvgIpc) is 1.61. The number of anilines is 1. The Hall–Kier alpha value is -13.9. The Morgan fingerprint density at radius 2 is 0.768 bits per heavy atom. The molecule has 0 aliphatic heterocycles. The highest BCUT2D eigenvalue weighted by Crippen LogP contribution is 2.32. The summed E-state index contributed by atoms with van der Waals surface area (Å²) in [5.41, 5.74) is 24.8. The molecule has 640 valence electrons. The molecule has 0 aliphatic rings. The van der Waals surface area contributed by atoms with Crippen molar-refractivity contribution in [2.24, 2.45) is 5.73 Å². The quantitative estimate of drug-likeness (QED) is 0.0442. The molecule has 9 aromatic heterocycles. The summed E-state index contributed by atoms with van der Waals surface area (Å²) in [5, 5.41) is 81.2. The van der Waals surface area contributed by atoms with E-state index in [0.717, 1.165) is 75.0 Å². The number of nitrogens with zero attached hydrogens (tertiary/aromatic N) is 20. The SMILES string of the molecule is CC(C)(C)c1ccc2c(=O)n(-c3cccc(-n4cc(C#N)c(N)n4)c3CO)ncc2c1.CN(C)Cc1ccc(Cc2nn(-c3cccc(-n4ncc5cc(C(C)(C)C)ccc5c4=O)c3CO)cc2C#N)nc1.CN(C)Cc1ccc(Cc2nn(-c3cccc(-n4ncc5cc(C(C)(C)C)ccc5c4=O)c3CO)cc2C(N)=O)nc1.CN(C)Cc1ccc(Cl)nc1. The third-order valence-corrected chi connectivity index (χ3v) is 21.0. The van der Waals surface area contributed by atoms with E-state index in [1.807, 2.05) is 146 Å². The van der Waals surface area contributed by atoms with Gasteiger partial charge in [0.15, 0.2) is 5.82 Å². The maximum Gasteiger partial charge on any atom is 0.279 e. The first-order valence-corrected chi connectivity index (χ1v) is 40.7. The summed E-state index contributed by atoms with van der Waals surface area (Å²) < 4.78 is 8.37. The Morgan fingerprint density at radius 3 is 1.09 bits per heavy atom. The Kier molecular flexibility index (Phi) is 27.7. The zero-order valence-corrected chi connectivity index (χ0v) is 73.4. The number of nitrogen functional groups attached to an aromatic ring is 1. The van der Waals surface area contributed by atoms with Gasteiger partial charge in [-0.15, -0.1) is 5.10 Å². The number of hydrogen-bond donors (Lipinski definition) is 5. The van der Waals surface area contributed by atoms with E-state index in [2.05, 4.69) is 124 Å². The lowest BCUT2D eigenvalue weighted by Crippen LogP contribution is -2.23. The van der Waals surface area contributed by atoms with Gasteiger partial charge in [0.25, 0.3) is 22.6 Å². The van der Waals surface area contributed by atoms with Crippen LogP contribution in [0.1, 0.15) is 157 Å². The van der Waals surface area contributed by atoms with E-state index >= 15 is 0 Å². The van der Waals surface area contributed by atoms with E-state index in [9.17, 15) is 39.8 Å². The highest BCUT2D eigenvalue weighted by atomic mass is 35.5. The van der Waals surface area contributed by atoms with Crippen LogP contribution in [0.4, 0.5) is 5.82 Å². The van der Waals surface area contributed by atoms with Crippen molar-refractivity contribution in [1.82, 2.24) is 88.3 Å². The zero-order chi connectivity index (χ0) is 90.1. The second-order valence-corrected chi connectivity index (χ2v) is 34.6. The van der Waals surface area contributed by atoms with Gasteiger partial charge in [-0.25, -0.2) is 19.0 Å². The third kappa shape index (κ3) is 20.9. The third-order valence-electron chi connectivity index (χ3n) is 20.8. The van der Waals surface area contributed by atoms with Gasteiger partial charge in [0.05, 0.1) is 117 Å². The molecule has 0 bridgehead atoms. The molecule has 0 spiro atoms. The monoisotopic (exact) mass is 1700 g/mol. The number of carbonyl (C=O) groups is 1. The van der Waals surface area contributed by atoms with Gasteiger partial charge in [0.1, 0.15) is 22.9 Å². The molecule has 30 heteroatoms. The molecule has 29 nitrogen and oxygen atoms in total. The van der Waals surface area contributed by atoms with Crippen molar-refractivity contribution in [3.63, 3.8) is 0 Å². The number of primary amides is 1. The highest BCUT2D eigenvalue weighted by molar-refractivity contribution is 6.29. The second-order valence-electron chi connectivity index (χ2n) is 34.2. The number of hydrogen-bond acceptors (Lipinski definition) is 22. The molecule has 125 heavy (non-hydrogen) atoms. The number of rotatable bonds is 20. The van der Waals surface area contributed by atoms with Crippen LogP contribution in [0.5, 0.6) is 0 Å². The van der Waals surface area contributed by atoms with E-state index in [1.165, 1.54) is 35.2 Å². The van der Waals surface area contributed by atoms with Crippen LogP contribution in [0.15, 0.2) is 216 Å². The standard InChI is InChI=1S/C32H35N7O3.C32H33N7O2.C23H22N6O2.C8H11ClN2/c1-32(2,3)22-10-12-24-21(13-22)16-35-39(31(24)42)29-8-6-7-28(26(29)19-40)38-18-25(30(33)41)27(36-38)14-23-11-9-20(15-34-23)17-37(4)5;1-32(2,3)24-10-12-26-22(13-24)17-35-39(31(26)41)30-8-6-7-29(27(30)20-40)38-19-23(15-33)28(36-38)14-25-11-9-21(16-34-25)18-37(4)5;1-23(2,3)16-7-8-17-14(9-16)11-26-29(22(17)31)20-6-4-5-19(18(20)13-30)28-12-15(10-24)21(25)27-28;1-11(2)6-7-3-4-8(9)10-5-7/h6-13,15-16,18,40H,14,17,19H2,1-5H3,(H2,33,41);6-13,16-17,19,40H,14,18,20H2,1-5H3;4-9,11-12,30H,13H2,1-3H3,(H2,25,27);3-5H,6H2,1-2H3. The first-order valence-electron chi connectivity index (χ1n) is 40.3. The number of pyridine rings is 3. The summed E-state index contributed by atoms with van der Waals surface area (Å²) in [6.45, 7) is 20.4. The number of halogens is 1. The first kappa shape index (κ1) is 90.4. The van der Waals surface area contributed by atoms with Crippen molar-refractivity contribution in [2.75, 3.05) is 48.0 Å². The number of aromatic nitrogens is 15. The van der Waals surface area contributed by atoms with Crippen LogP contribution in [-0.4, -0.2) is 152 Å². The highest BCUT2D eigenvalue weighted by Gasteiger charge is 2.26. The molecule has 0 saturated carbocycles. The molecule has 6 aromatic carbocycles. The van der Waals surface area contributed by atoms with Gasteiger partial charge in [-0.2, -0.15) is 50.1 Å². The number of aliphatic hydroxyl groups is 3. The Morgan fingerprint density at radius 1 is 0.432 bits per heavy atom. The fourth-order valence-corrected chi connectivity index (χ4v) is 14.4. The molecule has 9 heterocycles. The largest absolute Gasteiger partial charge is 0.392 e. The number of fused-ring (bicyclic) bond motifs is 3. The van der Waals surface area contributed by atoms with Gasteiger partial charge in [0.2, 0.25) is 0 Å². The maximum atomic E-state index is 13.6. The van der Waals surface area contributed by atoms with Crippen molar-refractivity contribution in [1.29, 1.82) is 10.5 Å². The van der Waals surface area contributed by atoms with Crippen LogP contribution in [0.2, 0.25) is 5.15 Å². The molecule has 0 radical (unpaired) electrons. The van der Waals surface area contributed by atoms with Gasteiger partial charge in [-0.3, -0.25) is 29.1 Å². The second kappa shape index (κ2) is 38.3. The van der Waals surface area contributed by atoms with Crippen LogP contribution in [-0.2, 0) is 68.5 Å². The number of carbonyl (C=O) groups excluding carboxylic acids is 1. The lowest BCUT2D eigenvalue weighted by atomic mass is 9.86. The number of amides is 1. The van der Waals surface area contributed by atoms with Crippen LogP contribution in [0.3, 0.4) is 0 Å². The predicted molar refractivity (Wildman–Crippen MR) is 485 cm³/mol. The van der Waals surface area contributed by atoms with E-state index in [4.69, 9.17) is 33.4 Å². The molecule has 1 amide bonds. The number of aliphatic hydroxyl groups excluding tert-OH is 3. The minimum Gasteiger partial charge on any atom is -0.392 e. The van der Waals surface area contributed by atoms with Crippen molar-refractivity contribution >= 4 is 55.6 Å². The summed E-state index contributed by atoms with van der Waals surface area (Å²) in [7, 11) is 12.0. The minimum atomic E-state index is -0.621. The molecule has 0 fully saturated rings. The Bertz CT molecular complexity index is 6750. The van der Waals surface area contributed by atoms with E-state index in [0.29, 0.717) is 102 Å². The summed E-state index contributed by atoms with van der Waals surface area (Å²) in [6.07, 6.45) is 15.8. The number of benzene rings is 6. The summed E-state index contributed by atoms with van der Waals surface area (Å²) in [4.78, 5) is 72.0. The molecular formula is C95H101ClN22O7. The summed E-state index contributed by atoms with van der Waals surface area (Å²) in [6, 6.07) is 48.9. The van der Waals surface area contributed by atoms with Crippen LogP contribution in [0, 0.1) is 22.7 Å². The van der Waals surface area contributed by atoms with Crippen LogP contribution < -0.4 is 28.1 Å². The fourth-order valence-electron chi connectivity index (χ4n) is 14.2. The molecule has 15 rings (SSSR count). The molecule has 15 aromatic rings. The molecule has 0 atom stereocenters. The van der Waals surface area contributed by atoms with Crippen molar-refractivity contribution in [3.8, 4) is 46.3 Å². The number of nitriles is 2. The van der Waals surface area contributed by atoms with E-state index < -0.39 is 12.5 Å². The van der Waals surface area contributed by atoms with Gasteiger partial charge in [0, 0.05) is 108 Å². The number of nitrogens with two attached hydrogens (primary N) is 2. The fraction of sp³-hybridized carbons (Fsp3) is 0.274. The van der Waals surface area contributed by atoms with Crippen molar-refractivity contribution in [2.45, 2.75) is 131 Å². The molecule has 0 aliphatic carbocycles. The first-order chi connectivity index (χ1) is 59.5. The average molecular weight is 1700 g/mol. The van der Waals surface area contributed by atoms with E-state index in [1.54, 1.807) is 103 Å². The van der Waals surface area contributed by atoms with E-state index in [-0.39, 0.29) is 63.1 Å². The normalized spacial score (nSPS) is 11.6. The molecule has 0 unspecified atom stereocenters. The minimum absolute atomic E-state index is 0.0463. The van der Waals surface area contributed by atoms with Crippen molar-refractivity contribution in [3.05, 3.63) is 327 Å². The smallest absolute Gasteiger partial charge is 0.279 e. The lowest BCUT2D eigenvalue weighted by molar-refractivity contribution is 0.0999. The van der Waals surface area contributed by atoms with Crippen LogP contribution in [0.25, 0.3) is 66.4 Å². The lowest BCUT2D eigenvalue weighted by Gasteiger charge is -2.19. The van der Waals surface area contributed by atoms with Gasteiger partial charge < -0.3 is 41.5 Å². The van der Waals surface area contributed by atoms with Gasteiger partial charge >= 0.3 is 0 Å². The van der Waals surface area contributed by atoms with Gasteiger partial charge in [-0.1, -0.05) is 129 Å². The van der Waals surface area contributed by atoms with Crippen molar-refractivity contribution < 1.29 is 20.1 Å². The zero-order valence-electron chi connectivity index (χ0n) is 72.7. The Labute approximate surface area is 728 Å². The Balaban J connectivity index is 0.000000162. The van der Waals surface area contributed by atoms with Crippen LogP contribution >= 0.6 is 11.6 Å². The molecule has 7 N–H and O–H groups in total.